The van der Waals surface area contributed by atoms with Crippen molar-refractivity contribution in [2.45, 2.75) is 12.5 Å². The van der Waals surface area contributed by atoms with Gasteiger partial charge in [-0.1, -0.05) is 12.1 Å². The van der Waals surface area contributed by atoms with Gasteiger partial charge in [0.2, 0.25) is 5.91 Å². The predicted octanol–water partition coefficient (Wildman–Crippen LogP) is 2.29. The number of halogens is 1. The van der Waals surface area contributed by atoms with Gasteiger partial charge in [-0.15, -0.1) is 6.58 Å². The minimum Gasteiger partial charge on any atom is -0.491 e. The molecule has 24 heavy (non-hydrogen) atoms. The van der Waals surface area contributed by atoms with Gasteiger partial charge in [0, 0.05) is 31.9 Å². The molecule has 0 unspecified atom stereocenters. The summed E-state index contributed by atoms with van der Waals surface area (Å²) in [7, 11) is 1.60. The molecule has 2 rings (SSSR count). The van der Waals surface area contributed by atoms with E-state index in [2.05, 4.69) is 11.9 Å². The van der Waals surface area contributed by atoms with Crippen LogP contribution >= 0.6 is 0 Å². The number of hydrogen-bond donors (Lipinski definition) is 1. The number of likely N-dealkylation sites (tertiary alicyclic amines) is 1. The molecular weight excluding hydrogens is 313 g/mol. The lowest BCUT2D eigenvalue weighted by molar-refractivity contribution is -0.130. The first-order valence-corrected chi connectivity index (χ1v) is 7.79. The number of carbonyl (C=O) groups is 2. The van der Waals surface area contributed by atoms with E-state index in [0.29, 0.717) is 30.9 Å². The molecule has 0 saturated carbocycles. The Morgan fingerprint density at radius 3 is 3.08 bits per heavy atom. The van der Waals surface area contributed by atoms with Crippen LogP contribution in [0, 0.1) is 0 Å². The fourth-order valence-electron chi connectivity index (χ4n) is 2.59. The fraction of sp³-hybridized carbons (Fsp3) is 0.412. The zero-order valence-electron chi connectivity index (χ0n) is 13.7. The number of anilines is 1. The number of urea groups is 1. The van der Waals surface area contributed by atoms with Crippen molar-refractivity contribution in [3.8, 4) is 5.75 Å². The van der Waals surface area contributed by atoms with E-state index in [-0.39, 0.29) is 18.5 Å². The van der Waals surface area contributed by atoms with E-state index in [4.69, 9.17) is 4.74 Å². The van der Waals surface area contributed by atoms with Crippen LogP contribution in [-0.4, -0.2) is 61.2 Å². The predicted molar refractivity (Wildman–Crippen MR) is 89.9 cm³/mol. The third-order valence-electron chi connectivity index (χ3n) is 3.84. The summed E-state index contributed by atoms with van der Waals surface area (Å²) >= 11 is 0. The van der Waals surface area contributed by atoms with E-state index >= 15 is 0 Å². The van der Waals surface area contributed by atoms with Crippen molar-refractivity contribution in [2.24, 2.45) is 0 Å². The summed E-state index contributed by atoms with van der Waals surface area (Å²) < 4.78 is 17.3. The largest absolute Gasteiger partial charge is 0.491 e. The number of rotatable bonds is 7. The van der Waals surface area contributed by atoms with Gasteiger partial charge in [0.1, 0.15) is 25.1 Å². The average Bonchev–Trinajstić information content (AvgIpc) is 2.94. The first kappa shape index (κ1) is 17.8. The van der Waals surface area contributed by atoms with Gasteiger partial charge in [0.25, 0.3) is 0 Å². The molecule has 130 valence electrons. The summed E-state index contributed by atoms with van der Waals surface area (Å²) in [5.74, 6) is 0.398. The molecule has 1 atom stereocenters. The molecule has 1 heterocycles. The van der Waals surface area contributed by atoms with Crippen LogP contribution in [0.4, 0.5) is 14.9 Å². The Bertz CT molecular complexity index is 608. The van der Waals surface area contributed by atoms with E-state index in [9.17, 15) is 14.0 Å². The molecule has 1 saturated heterocycles. The van der Waals surface area contributed by atoms with E-state index in [0.717, 1.165) is 0 Å². The van der Waals surface area contributed by atoms with Gasteiger partial charge in [0.05, 0.1) is 0 Å². The smallest absolute Gasteiger partial charge is 0.322 e. The van der Waals surface area contributed by atoms with Gasteiger partial charge in [0.15, 0.2) is 0 Å². The molecule has 0 radical (unpaired) electrons. The van der Waals surface area contributed by atoms with E-state index < -0.39 is 12.7 Å². The number of likely N-dealkylation sites (N-methyl/N-ethyl adjacent to an activating group) is 1. The number of ether oxygens (including phenoxy) is 1. The van der Waals surface area contributed by atoms with Crippen LogP contribution in [0.3, 0.4) is 0 Å². The molecule has 1 fully saturated rings. The van der Waals surface area contributed by atoms with Gasteiger partial charge >= 0.3 is 6.03 Å². The van der Waals surface area contributed by atoms with Crippen molar-refractivity contribution in [3.05, 3.63) is 36.9 Å². The van der Waals surface area contributed by atoms with Crippen molar-refractivity contribution >= 4 is 17.6 Å². The molecule has 7 heteroatoms. The monoisotopic (exact) mass is 335 g/mol. The topological polar surface area (TPSA) is 61.9 Å². The second kappa shape index (κ2) is 8.33. The van der Waals surface area contributed by atoms with Crippen molar-refractivity contribution < 1.29 is 18.7 Å². The summed E-state index contributed by atoms with van der Waals surface area (Å²) in [5.41, 5.74) is 0.525. The Balaban J connectivity index is 1.97. The van der Waals surface area contributed by atoms with Crippen LogP contribution in [0.1, 0.15) is 6.42 Å². The zero-order chi connectivity index (χ0) is 17.5. The highest BCUT2D eigenvalue weighted by Crippen LogP contribution is 2.20. The quantitative estimate of drug-likeness (QED) is 0.778. The third-order valence-corrected chi connectivity index (χ3v) is 3.84. The number of carbonyl (C=O) groups excluding carboxylic acids is 2. The maximum absolute atomic E-state index is 12.4. The fourth-order valence-corrected chi connectivity index (χ4v) is 2.59. The first-order chi connectivity index (χ1) is 11.6. The molecule has 0 aromatic heterocycles. The highest BCUT2D eigenvalue weighted by Gasteiger charge is 2.35. The summed E-state index contributed by atoms with van der Waals surface area (Å²) in [4.78, 5) is 27.7. The van der Waals surface area contributed by atoms with Crippen molar-refractivity contribution in [1.82, 2.24) is 9.80 Å². The minimum atomic E-state index is -0.579. The van der Waals surface area contributed by atoms with Crippen LogP contribution in [0.2, 0.25) is 0 Å². The first-order valence-electron chi connectivity index (χ1n) is 7.79. The van der Waals surface area contributed by atoms with Gasteiger partial charge in [-0.3, -0.25) is 4.79 Å². The van der Waals surface area contributed by atoms with E-state index in [1.165, 1.54) is 4.90 Å². The highest BCUT2D eigenvalue weighted by molar-refractivity contribution is 5.94. The van der Waals surface area contributed by atoms with E-state index in [1.807, 2.05) is 0 Å². The summed E-state index contributed by atoms with van der Waals surface area (Å²) in [5, 5.41) is 2.73. The highest BCUT2D eigenvalue weighted by atomic mass is 19.1. The van der Waals surface area contributed by atoms with Crippen LogP contribution in [-0.2, 0) is 4.79 Å². The normalized spacial score (nSPS) is 16.8. The lowest BCUT2D eigenvalue weighted by Gasteiger charge is -2.24. The van der Waals surface area contributed by atoms with Crippen LogP contribution in [0.25, 0.3) is 0 Å². The SMILES string of the molecule is C=CCN1CC[C@H](N(C)C(=O)Nc2cccc(OCCF)c2)C1=O. The van der Waals surface area contributed by atoms with Crippen molar-refractivity contribution in [1.29, 1.82) is 0 Å². The lowest BCUT2D eigenvalue weighted by Crippen LogP contribution is -2.44. The minimum absolute atomic E-state index is 0.0347. The van der Waals surface area contributed by atoms with Crippen LogP contribution in [0.15, 0.2) is 36.9 Å². The molecule has 3 amide bonds. The summed E-state index contributed by atoms with van der Waals surface area (Å²) in [6.07, 6.45) is 2.26. The zero-order valence-corrected chi connectivity index (χ0v) is 13.7. The molecule has 6 nitrogen and oxygen atoms in total. The third kappa shape index (κ3) is 4.24. The standard InChI is InChI=1S/C17H22FN3O3/c1-3-9-21-10-7-15(16(21)22)20(2)17(23)19-13-5-4-6-14(12-13)24-11-8-18/h3-6,12,15H,1,7-11H2,2H3,(H,19,23)/t15-/m0/s1. The lowest BCUT2D eigenvalue weighted by atomic mass is 10.2. The maximum Gasteiger partial charge on any atom is 0.322 e. The van der Waals surface area contributed by atoms with Crippen molar-refractivity contribution in [3.63, 3.8) is 0 Å². The average molecular weight is 335 g/mol. The molecule has 1 aromatic rings. The maximum atomic E-state index is 12.4. The Labute approximate surface area is 140 Å². The van der Waals surface area contributed by atoms with Gasteiger partial charge in [-0.2, -0.15) is 0 Å². The molecular formula is C17H22FN3O3. The Morgan fingerprint density at radius 2 is 2.38 bits per heavy atom. The number of nitrogens with zero attached hydrogens (tertiary/aromatic N) is 2. The molecule has 1 aromatic carbocycles. The van der Waals surface area contributed by atoms with Crippen molar-refractivity contribution in [2.75, 3.05) is 38.7 Å². The molecule has 0 spiro atoms. The molecule has 1 aliphatic heterocycles. The number of alkyl halides is 1. The van der Waals surface area contributed by atoms with Gasteiger partial charge < -0.3 is 19.9 Å². The molecule has 1 N–H and O–H groups in total. The number of hydrogen-bond acceptors (Lipinski definition) is 3. The molecule has 0 bridgehead atoms. The molecule has 0 aliphatic carbocycles. The van der Waals surface area contributed by atoms with Crippen LogP contribution < -0.4 is 10.1 Å². The second-order valence-corrected chi connectivity index (χ2v) is 5.48. The Kier molecular flexibility index (Phi) is 6.17. The summed E-state index contributed by atoms with van der Waals surface area (Å²) in [6, 6.07) is 5.85. The summed E-state index contributed by atoms with van der Waals surface area (Å²) in [6.45, 7) is 4.11. The number of amides is 3. The second-order valence-electron chi connectivity index (χ2n) is 5.48. The molecule has 1 aliphatic rings. The van der Waals surface area contributed by atoms with Gasteiger partial charge in [-0.05, 0) is 18.6 Å². The van der Waals surface area contributed by atoms with Gasteiger partial charge in [-0.25, -0.2) is 9.18 Å². The van der Waals surface area contributed by atoms with Crippen LogP contribution in [0.5, 0.6) is 5.75 Å². The van der Waals surface area contributed by atoms with E-state index in [1.54, 1.807) is 42.3 Å². The Hall–Kier alpha value is -2.57. The Morgan fingerprint density at radius 1 is 1.58 bits per heavy atom. The number of nitrogens with one attached hydrogen (secondary N) is 1. The number of benzene rings is 1.